The molecule has 0 N–H and O–H groups in total. The SMILES string of the molecule is COc1ccc(Cn2c(=O)ccc3ccc(Br)cc32)cc1. The van der Waals surface area contributed by atoms with Gasteiger partial charge in [0, 0.05) is 10.5 Å². The summed E-state index contributed by atoms with van der Waals surface area (Å²) in [6.07, 6.45) is 0. The van der Waals surface area contributed by atoms with Crippen molar-refractivity contribution in [3.63, 3.8) is 0 Å². The van der Waals surface area contributed by atoms with Crippen LogP contribution in [0, 0.1) is 0 Å². The third-order valence-corrected chi connectivity index (χ3v) is 3.95. The molecule has 21 heavy (non-hydrogen) atoms. The molecular formula is C17H14BrNO2. The number of pyridine rings is 1. The van der Waals surface area contributed by atoms with Gasteiger partial charge in [0.15, 0.2) is 0 Å². The molecule has 0 aliphatic rings. The molecule has 0 aliphatic heterocycles. The zero-order chi connectivity index (χ0) is 14.8. The van der Waals surface area contributed by atoms with Crippen LogP contribution in [0.4, 0.5) is 0 Å². The van der Waals surface area contributed by atoms with Gasteiger partial charge in [-0.2, -0.15) is 0 Å². The molecule has 0 bridgehead atoms. The van der Waals surface area contributed by atoms with E-state index < -0.39 is 0 Å². The predicted molar refractivity (Wildman–Crippen MR) is 88.0 cm³/mol. The minimum Gasteiger partial charge on any atom is -0.497 e. The molecule has 0 saturated heterocycles. The van der Waals surface area contributed by atoms with Crippen molar-refractivity contribution in [3.05, 3.63) is 75.0 Å². The number of aromatic nitrogens is 1. The molecule has 3 aromatic rings. The smallest absolute Gasteiger partial charge is 0.251 e. The second-order valence-corrected chi connectivity index (χ2v) is 5.72. The fourth-order valence-corrected chi connectivity index (χ4v) is 2.69. The number of benzene rings is 2. The molecule has 1 heterocycles. The van der Waals surface area contributed by atoms with E-state index in [0.29, 0.717) is 6.54 Å². The van der Waals surface area contributed by atoms with Gasteiger partial charge in [0.2, 0.25) is 0 Å². The molecule has 0 aliphatic carbocycles. The fraction of sp³-hybridized carbons (Fsp3) is 0.118. The molecular weight excluding hydrogens is 330 g/mol. The largest absolute Gasteiger partial charge is 0.497 e. The van der Waals surface area contributed by atoms with Gasteiger partial charge >= 0.3 is 0 Å². The Balaban J connectivity index is 2.08. The molecule has 0 amide bonds. The summed E-state index contributed by atoms with van der Waals surface area (Å²) >= 11 is 3.46. The predicted octanol–water partition coefficient (Wildman–Crippen LogP) is 3.82. The Morgan fingerprint density at radius 2 is 1.76 bits per heavy atom. The van der Waals surface area contributed by atoms with E-state index in [9.17, 15) is 4.79 Å². The minimum atomic E-state index is -0.00332. The third kappa shape index (κ3) is 2.85. The quantitative estimate of drug-likeness (QED) is 0.723. The van der Waals surface area contributed by atoms with Crippen molar-refractivity contribution in [2.75, 3.05) is 7.11 Å². The molecule has 106 valence electrons. The van der Waals surface area contributed by atoms with Crippen LogP contribution in [-0.4, -0.2) is 11.7 Å². The number of fused-ring (bicyclic) bond motifs is 1. The second kappa shape index (κ2) is 5.74. The number of halogens is 1. The molecule has 0 saturated carbocycles. The van der Waals surface area contributed by atoms with Crippen LogP contribution in [-0.2, 0) is 6.54 Å². The van der Waals surface area contributed by atoms with E-state index in [1.165, 1.54) is 0 Å². The average molecular weight is 344 g/mol. The normalized spacial score (nSPS) is 10.8. The second-order valence-electron chi connectivity index (χ2n) is 4.81. The van der Waals surface area contributed by atoms with Crippen LogP contribution in [0.25, 0.3) is 10.9 Å². The van der Waals surface area contributed by atoms with E-state index in [-0.39, 0.29) is 5.56 Å². The van der Waals surface area contributed by atoms with E-state index in [2.05, 4.69) is 15.9 Å². The lowest BCUT2D eigenvalue weighted by Gasteiger charge is -2.11. The van der Waals surface area contributed by atoms with Crippen LogP contribution in [0.3, 0.4) is 0 Å². The Morgan fingerprint density at radius 1 is 1.05 bits per heavy atom. The molecule has 2 aromatic carbocycles. The van der Waals surface area contributed by atoms with E-state index in [1.54, 1.807) is 17.7 Å². The number of hydrogen-bond donors (Lipinski definition) is 0. The summed E-state index contributed by atoms with van der Waals surface area (Å²) in [6.45, 7) is 0.538. The van der Waals surface area contributed by atoms with Crippen LogP contribution < -0.4 is 10.3 Å². The maximum atomic E-state index is 12.2. The van der Waals surface area contributed by atoms with Gasteiger partial charge in [-0.15, -0.1) is 0 Å². The van der Waals surface area contributed by atoms with E-state index in [4.69, 9.17) is 4.74 Å². The van der Waals surface area contributed by atoms with Crippen LogP contribution in [0.15, 0.2) is 63.9 Å². The monoisotopic (exact) mass is 343 g/mol. The van der Waals surface area contributed by atoms with Crippen molar-refractivity contribution in [2.45, 2.75) is 6.54 Å². The molecule has 0 radical (unpaired) electrons. The lowest BCUT2D eigenvalue weighted by Crippen LogP contribution is -2.19. The van der Waals surface area contributed by atoms with Gasteiger partial charge in [-0.3, -0.25) is 4.79 Å². The molecule has 3 nitrogen and oxygen atoms in total. The first kappa shape index (κ1) is 13.9. The molecule has 0 fully saturated rings. The summed E-state index contributed by atoms with van der Waals surface area (Å²) < 4.78 is 7.90. The van der Waals surface area contributed by atoms with E-state index in [1.807, 2.05) is 48.5 Å². The van der Waals surface area contributed by atoms with Crippen molar-refractivity contribution >= 4 is 26.8 Å². The Hall–Kier alpha value is -2.07. The number of rotatable bonds is 3. The van der Waals surface area contributed by atoms with Crippen LogP contribution in [0.1, 0.15) is 5.56 Å². The maximum absolute atomic E-state index is 12.2. The Bertz CT molecular complexity index is 838. The number of methoxy groups -OCH3 is 1. The Morgan fingerprint density at radius 3 is 2.48 bits per heavy atom. The first-order chi connectivity index (χ1) is 10.2. The first-order valence-corrected chi connectivity index (χ1v) is 7.39. The molecule has 4 heteroatoms. The van der Waals surface area contributed by atoms with Crippen molar-refractivity contribution in [3.8, 4) is 5.75 Å². The number of ether oxygens (including phenoxy) is 1. The summed E-state index contributed by atoms with van der Waals surface area (Å²) in [5.41, 5.74) is 1.98. The minimum absolute atomic E-state index is 0.00332. The molecule has 1 aromatic heterocycles. The van der Waals surface area contributed by atoms with Gasteiger partial charge in [0.05, 0.1) is 19.2 Å². The highest BCUT2D eigenvalue weighted by Gasteiger charge is 2.05. The van der Waals surface area contributed by atoms with Crippen molar-refractivity contribution in [2.24, 2.45) is 0 Å². The molecule has 0 atom stereocenters. The van der Waals surface area contributed by atoms with Crippen LogP contribution in [0.5, 0.6) is 5.75 Å². The highest BCUT2D eigenvalue weighted by Crippen LogP contribution is 2.19. The number of nitrogens with zero attached hydrogens (tertiary/aromatic N) is 1. The average Bonchev–Trinajstić information content (AvgIpc) is 2.51. The maximum Gasteiger partial charge on any atom is 0.251 e. The first-order valence-electron chi connectivity index (χ1n) is 6.59. The Labute approximate surface area is 130 Å². The van der Waals surface area contributed by atoms with Crippen molar-refractivity contribution in [1.82, 2.24) is 4.57 Å². The van der Waals surface area contributed by atoms with Gasteiger partial charge in [0.1, 0.15) is 5.75 Å². The summed E-state index contributed by atoms with van der Waals surface area (Å²) in [5.74, 6) is 0.812. The third-order valence-electron chi connectivity index (χ3n) is 3.45. The zero-order valence-corrected chi connectivity index (χ0v) is 13.1. The van der Waals surface area contributed by atoms with Gasteiger partial charge < -0.3 is 9.30 Å². The summed E-state index contributed by atoms with van der Waals surface area (Å²) in [6, 6.07) is 17.2. The van der Waals surface area contributed by atoms with Crippen LogP contribution in [0.2, 0.25) is 0 Å². The Kier molecular flexibility index (Phi) is 3.80. The topological polar surface area (TPSA) is 31.2 Å². The summed E-state index contributed by atoms with van der Waals surface area (Å²) in [4.78, 5) is 12.2. The summed E-state index contributed by atoms with van der Waals surface area (Å²) in [7, 11) is 1.64. The van der Waals surface area contributed by atoms with Gasteiger partial charge in [-0.1, -0.05) is 34.1 Å². The van der Waals surface area contributed by atoms with Gasteiger partial charge in [-0.05, 0) is 41.3 Å². The lowest BCUT2D eigenvalue weighted by molar-refractivity contribution is 0.414. The standard InChI is InChI=1S/C17H14BrNO2/c1-21-15-7-2-12(3-8-15)11-19-16-10-14(18)6-4-13(16)5-9-17(19)20/h2-10H,11H2,1H3. The molecule has 0 unspecified atom stereocenters. The highest BCUT2D eigenvalue weighted by molar-refractivity contribution is 9.10. The fourth-order valence-electron chi connectivity index (χ4n) is 2.34. The molecule has 3 rings (SSSR count). The lowest BCUT2D eigenvalue weighted by atomic mass is 10.1. The van der Waals surface area contributed by atoms with E-state index in [0.717, 1.165) is 26.7 Å². The van der Waals surface area contributed by atoms with Crippen molar-refractivity contribution in [1.29, 1.82) is 0 Å². The molecule has 0 spiro atoms. The number of hydrogen-bond acceptors (Lipinski definition) is 2. The van der Waals surface area contributed by atoms with Gasteiger partial charge in [-0.25, -0.2) is 0 Å². The van der Waals surface area contributed by atoms with Gasteiger partial charge in [0.25, 0.3) is 5.56 Å². The zero-order valence-electron chi connectivity index (χ0n) is 11.5. The van der Waals surface area contributed by atoms with E-state index >= 15 is 0 Å². The highest BCUT2D eigenvalue weighted by atomic mass is 79.9. The van der Waals surface area contributed by atoms with Crippen LogP contribution >= 0.6 is 15.9 Å². The van der Waals surface area contributed by atoms with Crippen molar-refractivity contribution < 1.29 is 4.74 Å². The summed E-state index contributed by atoms with van der Waals surface area (Å²) in [5, 5.41) is 1.05.